The maximum atomic E-state index is 14.3. The van der Waals surface area contributed by atoms with Crippen LogP contribution in [-0.4, -0.2) is 53.5 Å². The van der Waals surface area contributed by atoms with E-state index in [1.54, 1.807) is 57.0 Å². The second kappa shape index (κ2) is 12.8. The van der Waals surface area contributed by atoms with Gasteiger partial charge < -0.3 is 30.7 Å². The Labute approximate surface area is 235 Å². The van der Waals surface area contributed by atoms with Crippen molar-refractivity contribution in [1.29, 1.82) is 0 Å². The lowest BCUT2D eigenvalue weighted by molar-refractivity contribution is -0.142. The van der Waals surface area contributed by atoms with E-state index in [2.05, 4.69) is 10.6 Å². The van der Waals surface area contributed by atoms with Gasteiger partial charge in [-0.15, -0.1) is 0 Å². The Morgan fingerprint density at radius 1 is 1.07 bits per heavy atom. The summed E-state index contributed by atoms with van der Waals surface area (Å²) in [5.74, 6) is -0.717. The number of alkyl carbamates (subject to hydrolysis) is 1. The van der Waals surface area contributed by atoms with Crippen molar-refractivity contribution in [3.05, 3.63) is 59.7 Å². The third-order valence-corrected chi connectivity index (χ3v) is 6.71. The largest absolute Gasteiger partial charge is 0.497 e. The van der Waals surface area contributed by atoms with Crippen molar-refractivity contribution in [2.24, 2.45) is 11.7 Å². The summed E-state index contributed by atoms with van der Waals surface area (Å²) in [5.41, 5.74) is 6.62. The lowest BCUT2D eigenvalue weighted by Crippen LogP contribution is -2.53. The first-order valence-electron chi connectivity index (χ1n) is 13.4. The maximum Gasteiger partial charge on any atom is 0.408 e. The monoisotopic (exact) mass is 552 g/mol. The molecule has 0 saturated heterocycles. The Hall–Kier alpha value is -4.08. The van der Waals surface area contributed by atoms with Crippen LogP contribution in [0.1, 0.15) is 64.1 Å². The summed E-state index contributed by atoms with van der Waals surface area (Å²) in [7, 11) is 1.56. The molecule has 4 N–H and O–H groups in total. The molecule has 4 unspecified atom stereocenters. The van der Waals surface area contributed by atoms with Gasteiger partial charge in [-0.1, -0.05) is 31.2 Å². The van der Waals surface area contributed by atoms with Crippen LogP contribution in [0.5, 0.6) is 5.75 Å². The van der Waals surface area contributed by atoms with Gasteiger partial charge in [0.05, 0.1) is 7.11 Å². The minimum Gasteiger partial charge on any atom is -0.497 e. The molecule has 10 heteroatoms. The van der Waals surface area contributed by atoms with Crippen LogP contribution in [0.15, 0.2) is 48.5 Å². The highest BCUT2D eigenvalue weighted by atomic mass is 16.6. The van der Waals surface area contributed by atoms with Crippen molar-refractivity contribution >= 4 is 29.5 Å². The summed E-state index contributed by atoms with van der Waals surface area (Å²) in [6.45, 7) is 9.01. The number of nitrogens with zero attached hydrogens (tertiary/aromatic N) is 1. The van der Waals surface area contributed by atoms with Crippen molar-refractivity contribution in [2.75, 3.05) is 12.4 Å². The van der Waals surface area contributed by atoms with Gasteiger partial charge in [-0.25, -0.2) is 4.79 Å². The van der Waals surface area contributed by atoms with Crippen LogP contribution in [-0.2, 0) is 19.1 Å². The van der Waals surface area contributed by atoms with Crippen LogP contribution in [0.4, 0.5) is 10.5 Å². The zero-order valence-electron chi connectivity index (χ0n) is 24.0. The second-order valence-electron chi connectivity index (χ2n) is 11.2. The molecular formula is C30H40N4O6. The van der Waals surface area contributed by atoms with Crippen LogP contribution in [0.2, 0.25) is 0 Å². The highest BCUT2D eigenvalue weighted by Crippen LogP contribution is 2.41. The lowest BCUT2D eigenvalue weighted by Gasteiger charge is -2.35. The molecule has 0 radical (unpaired) electrons. The van der Waals surface area contributed by atoms with Gasteiger partial charge in [-0.2, -0.15) is 0 Å². The number of amides is 4. The molecule has 40 heavy (non-hydrogen) atoms. The summed E-state index contributed by atoms with van der Waals surface area (Å²) in [5, 5.41) is 5.56. The van der Waals surface area contributed by atoms with Crippen molar-refractivity contribution in [2.45, 2.75) is 77.6 Å². The van der Waals surface area contributed by atoms with Crippen molar-refractivity contribution in [3.8, 4) is 5.75 Å². The Morgan fingerprint density at radius 3 is 2.23 bits per heavy atom. The van der Waals surface area contributed by atoms with Crippen molar-refractivity contribution in [3.63, 3.8) is 0 Å². The molecule has 3 rings (SSSR count). The minimum absolute atomic E-state index is 0.0361. The normalized spacial score (nSPS) is 17.6. The molecule has 4 atom stereocenters. The number of aryl methyl sites for hydroxylation is 1. The third kappa shape index (κ3) is 8.21. The summed E-state index contributed by atoms with van der Waals surface area (Å²) in [4.78, 5) is 54.1. The number of primary amides is 1. The van der Waals surface area contributed by atoms with E-state index in [1.807, 2.05) is 38.1 Å². The number of rotatable bonds is 11. The first-order valence-corrected chi connectivity index (χ1v) is 13.4. The molecule has 1 aliphatic carbocycles. The van der Waals surface area contributed by atoms with Gasteiger partial charge in [-0.05, 0) is 81.8 Å². The van der Waals surface area contributed by atoms with E-state index >= 15 is 0 Å². The average molecular weight is 553 g/mol. The average Bonchev–Trinajstić information content (AvgIpc) is 3.60. The van der Waals surface area contributed by atoms with E-state index in [0.717, 1.165) is 5.56 Å². The Morgan fingerprint density at radius 2 is 1.70 bits per heavy atom. The van der Waals surface area contributed by atoms with E-state index in [1.165, 1.54) is 0 Å². The fourth-order valence-corrected chi connectivity index (χ4v) is 4.54. The van der Waals surface area contributed by atoms with Crippen LogP contribution >= 0.6 is 0 Å². The summed E-state index contributed by atoms with van der Waals surface area (Å²) < 4.78 is 10.6. The number of methoxy groups -OCH3 is 1. The second-order valence-corrected chi connectivity index (χ2v) is 11.2. The molecule has 0 spiro atoms. The van der Waals surface area contributed by atoms with Gasteiger partial charge >= 0.3 is 6.09 Å². The molecule has 0 aliphatic heterocycles. The summed E-state index contributed by atoms with van der Waals surface area (Å²) in [6.07, 6.45) is -0.271. The smallest absolute Gasteiger partial charge is 0.408 e. The number of carbonyl (C=O) groups is 4. The number of hydrogen-bond donors (Lipinski definition) is 3. The third-order valence-electron chi connectivity index (χ3n) is 6.71. The summed E-state index contributed by atoms with van der Waals surface area (Å²) >= 11 is 0. The molecule has 1 fully saturated rings. The molecular weight excluding hydrogens is 512 g/mol. The molecule has 4 amide bonds. The molecule has 2 aromatic rings. The van der Waals surface area contributed by atoms with E-state index in [0.29, 0.717) is 23.4 Å². The highest BCUT2D eigenvalue weighted by molar-refractivity contribution is 5.99. The lowest BCUT2D eigenvalue weighted by atomic mass is 9.97. The van der Waals surface area contributed by atoms with Crippen LogP contribution in [0.3, 0.4) is 0 Å². The maximum absolute atomic E-state index is 14.3. The molecule has 216 valence electrons. The van der Waals surface area contributed by atoms with Crippen molar-refractivity contribution < 1.29 is 28.7 Å². The number of nitrogens with two attached hydrogens (primary N) is 1. The Balaban J connectivity index is 2.02. The van der Waals surface area contributed by atoms with E-state index < -0.39 is 41.5 Å². The SMILES string of the molecule is COc1ccc(NC(=O)C(c2ccccc2C)N(C(=O)C(CCC(N)=O)NC(=O)OC(C)(C)C)C2CC2C)cc1. The number of hydrogen-bond acceptors (Lipinski definition) is 6. The summed E-state index contributed by atoms with van der Waals surface area (Å²) in [6, 6.07) is 11.9. The fraction of sp³-hybridized carbons (Fsp3) is 0.467. The Bertz CT molecular complexity index is 1220. The molecule has 1 aliphatic rings. The van der Waals surface area contributed by atoms with Gasteiger partial charge in [0.2, 0.25) is 11.8 Å². The van der Waals surface area contributed by atoms with Gasteiger partial charge in [0.25, 0.3) is 5.91 Å². The van der Waals surface area contributed by atoms with Crippen LogP contribution in [0.25, 0.3) is 0 Å². The number of ether oxygens (including phenoxy) is 2. The van der Waals surface area contributed by atoms with E-state index in [-0.39, 0.29) is 24.8 Å². The molecule has 0 aromatic heterocycles. The minimum atomic E-state index is -1.13. The molecule has 10 nitrogen and oxygen atoms in total. The Kier molecular flexibility index (Phi) is 9.78. The van der Waals surface area contributed by atoms with Gasteiger partial charge in [0, 0.05) is 18.2 Å². The van der Waals surface area contributed by atoms with Crippen molar-refractivity contribution in [1.82, 2.24) is 10.2 Å². The van der Waals surface area contributed by atoms with Gasteiger partial charge in [-0.3, -0.25) is 14.4 Å². The van der Waals surface area contributed by atoms with E-state index in [4.69, 9.17) is 15.2 Å². The first kappa shape index (κ1) is 30.5. The number of nitrogens with one attached hydrogen (secondary N) is 2. The first-order chi connectivity index (χ1) is 18.8. The zero-order valence-corrected chi connectivity index (χ0v) is 24.0. The topological polar surface area (TPSA) is 140 Å². The van der Waals surface area contributed by atoms with E-state index in [9.17, 15) is 19.2 Å². The molecule has 2 aromatic carbocycles. The predicted molar refractivity (Wildman–Crippen MR) is 152 cm³/mol. The number of benzene rings is 2. The quantitative estimate of drug-likeness (QED) is 0.384. The number of anilines is 1. The molecule has 0 bridgehead atoms. The molecule has 1 saturated carbocycles. The van der Waals surface area contributed by atoms with Crippen LogP contribution in [0, 0.1) is 12.8 Å². The number of carbonyl (C=O) groups excluding carboxylic acids is 4. The highest BCUT2D eigenvalue weighted by Gasteiger charge is 2.48. The standard InChI is InChI=1S/C30H40N4O6/c1-18-9-7-8-10-22(18)26(27(36)32-20-11-13-21(39-6)14-12-20)34(24-17-19(24)2)28(37)23(15-16-25(31)35)33-29(38)40-30(3,4)5/h7-14,19,23-24,26H,15-17H2,1-6H3,(H2,31,35)(H,32,36)(H,33,38). The predicted octanol–water partition coefficient (Wildman–Crippen LogP) is 4.08. The van der Waals surface area contributed by atoms with Gasteiger partial charge in [0.1, 0.15) is 23.4 Å². The molecule has 0 heterocycles. The van der Waals surface area contributed by atoms with Crippen LogP contribution < -0.4 is 21.1 Å². The zero-order chi connectivity index (χ0) is 29.6. The van der Waals surface area contributed by atoms with Gasteiger partial charge in [0.15, 0.2) is 0 Å². The fourth-order valence-electron chi connectivity index (χ4n) is 4.54.